The van der Waals surface area contributed by atoms with Gasteiger partial charge < -0.3 is 14.8 Å². The van der Waals surface area contributed by atoms with Crippen molar-refractivity contribution in [1.29, 1.82) is 0 Å². The average molecular weight is 292 g/mol. The molecule has 1 fully saturated rings. The normalized spacial score (nSPS) is 25.8. The minimum absolute atomic E-state index is 0.208. The first-order chi connectivity index (χ1) is 10.1. The van der Waals surface area contributed by atoms with E-state index < -0.39 is 0 Å². The molecular weight excluding hydrogens is 264 g/mol. The van der Waals surface area contributed by atoms with Crippen molar-refractivity contribution >= 4 is 0 Å². The Balaban J connectivity index is 1.93. The standard InChI is InChI=1S/C17H28N2O2/c1-5-8-18-11-15-6-7-17(19-14(15)4)21-16-9-12(2)20-13(3)10-16/h6-7,12-13,16,18H,5,8-11H2,1-4H3. The summed E-state index contributed by atoms with van der Waals surface area (Å²) in [5.41, 5.74) is 2.29. The van der Waals surface area contributed by atoms with Crippen molar-refractivity contribution in [3.05, 3.63) is 23.4 Å². The molecule has 1 aliphatic heterocycles. The van der Waals surface area contributed by atoms with E-state index in [1.54, 1.807) is 0 Å². The zero-order valence-electron chi connectivity index (χ0n) is 13.7. The fourth-order valence-corrected chi connectivity index (χ4v) is 2.83. The number of hydrogen-bond acceptors (Lipinski definition) is 4. The van der Waals surface area contributed by atoms with Crippen LogP contribution in [0.1, 0.15) is 51.3 Å². The molecule has 0 saturated carbocycles. The molecule has 1 saturated heterocycles. The molecule has 1 aromatic heterocycles. The summed E-state index contributed by atoms with van der Waals surface area (Å²) in [7, 11) is 0. The highest BCUT2D eigenvalue weighted by molar-refractivity contribution is 5.25. The monoisotopic (exact) mass is 292 g/mol. The van der Waals surface area contributed by atoms with Crippen LogP contribution in [0.3, 0.4) is 0 Å². The maximum atomic E-state index is 6.05. The van der Waals surface area contributed by atoms with Crippen LogP contribution in [0.2, 0.25) is 0 Å². The fraction of sp³-hybridized carbons (Fsp3) is 0.706. The Morgan fingerprint density at radius 2 is 2.00 bits per heavy atom. The van der Waals surface area contributed by atoms with E-state index in [1.165, 1.54) is 5.56 Å². The Labute approximate surface area is 128 Å². The number of ether oxygens (including phenoxy) is 2. The Morgan fingerprint density at radius 1 is 1.29 bits per heavy atom. The van der Waals surface area contributed by atoms with E-state index in [2.05, 4.69) is 37.1 Å². The smallest absolute Gasteiger partial charge is 0.213 e. The second-order valence-electron chi connectivity index (χ2n) is 6.04. The van der Waals surface area contributed by atoms with Crippen LogP contribution < -0.4 is 10.1 Å². The van der Waals surface area contributed by atoms with Crippen LogP contribution in [-0.2, 0) is 11.3 Å². The maximum Gasteiger partial charge on any atom is 0.213 e. The molecule has 1 N–H and O–H groups in total. The van der Waals surface area contributed by atoms with E-state index in [1.807, 2.05) is 13.0 Å². The Hall–Kier alpha value is -1.13. The van der Waals surface area contributed by atoms with Gasteiger partial charge in [0.15, 0.2) is 0 Å². The van der Waals surface area contributed by atoms with Crippen molar-refractivity contribution in [2.24, 2.45) is 0 Å². The van der Waals surface area contributed by atoms with Gasteiger partial charge in [-0.3, -0.25) is 0 Å². The molecule has 0 amide bonds. The van der Waals surface area contributed by atoms with E-state index in [4.69, 9.17) is 9.47 Å². The minimum atomic E-state index is 0.208. The van der Waals surface area contributed by atoms with Crippen LogP contribution >= 0.6 is 0 Å². The number of aryl methyl sites for hydroxylation is 1. The van der Waals surface area contributed by atoms with Gasteiger partial charge in [0.25, 0.3) is 0 Å². The summed E-state index contributed by atoms with van der Waals surface area (Å²) in [5.74, 6) is 0.734. The molecule has 1 aromatic rings. The van der Waals surface area contributed by atoms with Crippen LogP contribution in [0.4, 0.5) is 0 Å². The third-order valence-corrected chi connectivity index (χ3v) is 3.85. The van der Waals surface area contributed by atoms with Gasteiger partial charge in [0.05, 0.1) is 12.2 Å². The topological polar surface area (TPSA) is 43.4 Å². The van der Waals surface area contributed by atoms with E-state index in [0.717, 1.165) is 43.9 Å². The molecule has 0 aromatic carbocycles. The van der Waals surface area contributed by atoms with E-state index in [0.29, 0.717) is 0 Å². The van der Waals surface area contributed by atoms with Gasteiger partial charge in [0.1, 0.15) is 6.10 Å². The van der Waals surface area contributed by atoms with Crippen LogP contribution in [0, 0.1) is 6.92 Å². The van der Waals surface area contributed by atoms with Crippen molar-refractivity contribution in [2.45, 2.75) is 71.8 Å². The van der Waals surface area contributed by atoms with Gasteiger partial charge in [-0.2, -0.15) is 0 Å². The van der Waals surface area contributed by atoms with Gasteiger partial charge >= 0.3 is 0 Å². The predicted octanol–water partition coefficient (Wildman–Crippen LogP) is 3.22. The molecule has 2 unspecified atom stereocenters. The summed E-state index contributed by atoms with van der Waals surface area (Å²) in [5, 5.41) is 3.41. The van der Waals surface area contributed by atoms with Crippen molar-refractivity contribution in [3.63, 3.8) is 0 Å². The Morgan fingerprint density at radius 3 is 2.62 bits per heavy atom. The number of aromatic nitrogens is 1. The van der Waals surface area contributed by atoms with E-state index in [-0.39, 0.29) is 18.3 Å². The molecule has 1 aliphatic rings. The minimum Gasteiger partial charge on any atom is -0.474 e. The molecule has 0 bridgehead atoms. The van der Waals surface area contributed by atoms with Crippen LogP contribution in [0.15, 0.2) is 12.1 Å². The second-order valence-corrected chi connectivity index (χ2v) is 6.04. The fourth-order valence-electron chi connectivity index (χ4n) is 2.83. The number of pyridine rings is 1. The average Bonchev–Trinajstić information content (AvgIpc) is 2.40. The molecule has 4 heteroatoms. The first-order valence-corrected chi connectivity index (χ1v) is 8.07. The Bertz CT molecular complexity index is 440. The highest BCUT2D eigenvalue weighted by Gasteiger charge is 2.26. The Kier molecular flexibility index (Phi) is 6.00. The van der Waals surface area contributed by atoms with Gasteiger partial charge in [-0.25, -0.2) is 4.98 Å². The first kappa shape index (κ1) is 16.2. The molecule has 4 nitrogen and oxygen atoms in total. The quantitative estimate of drug-likeness (QED) is 0.818. The van der Waals surface area contributed by atoms with Gasteiger partial charge in [-0.05, 0) is 39.3 Å². The summed E-state index contributed by atoms with van der Waals surface area (Å²) in [4.78, 5) is 4.59. The lowest BCUT2D eigenvalue weighted by molar-refractivity contribution is -0.0729. The zero-order valence-corrected chi connectivity index (χ0v) is 13.7. The van der Waals surface area contributed by atoms with Gasteiger partial charge in [0.2, 0.25) is 5.88 Å². The van der Waals surface area contributed by atoms with Crippen molar-refractivity contribution in [2.75, 3.05) is 6.54 Å². The number of hydrogen-bond donors (Lipinski definition) is 1. The summed E-state index contributed by atoms with van der Waals surface area (Å²) >= 11 is 0. The van der Waals surface area contributed by atoms with Crippen LogP contribution in [0.25, 0.3) is 0 Å². The summed E-state index contributed by atoms with van der Waals surface area (Å²) in [6.45, 7) is 10.3. The number of rotatable bonds is 6. The van der Waals surface area contributed by atoms with E-state index >= 15 is 0 Å². The lowest BCUT2D eigenvalue weighted by atomic mass is 10.0. The summed E-state index contributed by atoms with van der Waals surface area (Å²) in [6.07, 6.45) is 3.75. The zero-order chi connectivity index (χ0) is 15.2. The lowest BCUT2D eigenvalue weighted by Crippen LogP contribution is -2.35. The molecule has 2 rings (SSSR count). The molecular formula is C17H28N2O2. The van der Waals surface area contributed by atoms with Gasteiger partial charge in [-0.1, -0.05) is 13.0 Å². The highest BCUT2D eigenvalue weighted by Crippen LogP contribution is 2.23. The highest BCUT2D eigenvalue weighted by atomic mass is 16.5. The molecule has 2 atom stereocenters. The molecule has 118 valence electrons. The molecule has 2 heterocycles. The molecule has 0 spiro atoms. The van der Waals surface area contributed by atoms with Gasteiger partial charge in [-0.15, -0.1) is 0 Å². The summed E-state index contributed by atoms with van der Waals surface area (Å²) < 4.78 is 11.8. The number of nitrogens with zero attached hydrogens (tertiary/aromatic N) is 1. The predicted molar refractivity (Wildman–Crippen MR) is 84.6 cm³/mol. The second kappa shape index (κ2) is 7.76. The lowest BCUT2D eigenvalue weighted by Gasteiger charge is -2.32. The van der Waals surface area contributed by atoms with Crippen LogP contribution in [-0.4, -0.2) is 29.8 Å². The molecule has 21 heavy (non-hydrogen) atoms. The van der Waals surface area contributed by atoms with Crippen LogP contribution in [0.5, 0.6) is 5.88 Å². The molecule has 0 radical (unpaired) electrons. The van der Waals surface area contributed by atoms with Gasteiger partial charge in [0, 0.05) is 31.1 Å². The third kappa shape index (κ3) is 4.97. The SMILES string of the molecule is CCCNCc1ccc(OC2CC(C)OC(C)C2)nc1C. The maximum absolute atomic E-state index is 6.05. The first-order valence-electron chi connectivity index (χ1n) is 8.07. The van der Waals surface area contributed by atoms with Crippen molar-refractivity contribution in [1.82, 2.24) is 10.3 Å². The summed E-state index contributed by atoms with van der Waals surface area (Å²) in [6, 6.07) is 4.10. The third-order valence-electron chi connectivity index (χ3n) is 3.85. The molecule has 0 aliphatic carbocycles. The largest absolute Gasteiger partial charge is 0.474 e. The van der Waals surface area contributed by atoms with Crippen molar-refractivity contribution < 1.29 is 9.47 Å². The van der Waals surface area contributed by atoms with Crippen molar-refractivity contribution in [3.8, 4) is 5.88 Å². The number of nitrogens with one attached hydrogen (secondary N) is 1. The van der Waals surface area contributed by atoms with E-state index in [9.17, 15) is 0 Å².